The molecule has 0 unspecified atom stereocenters. The fraction of sp³-hybridized carbons (Fsp3) is 0.444. The second kappa shape index (κ2) is 7.80. The summed E-state index contributed by atoms with van der Waals surface area (Å²) in [5.41, 5.74) is -0.132. The molecule has 2 aromatic rings. The molecule has 1 aliphatic heterocycles. The molecular weight excluding hydrogens is 384 g/mol. The summed E-state index contributed by atoms with van der Waals surface area (Å²) in [6, 6.07) is 5.54. The topological polar surface area (TPSA) is 115 Å². The normalized spacial score (nSPS) is 15.9. The zero-order valence-corrected chi connectivity index (χ0v) is 16.6. The number of para-hydroxylation sites is 1. The molecule has 1 aliphatic rings. The minimum absolute atomic E-state index is 0.00124. The summed E-state index contributed by atoms with van der Waals surface area (Å²) in [6.45, 7) is 3.90. The molecule has 150 valence electrons. The number of nitro benzene ring substituents is 1. The summed E-state index contributed by atoms with van der Waals surface area (Å²) in [7, 11) is -3.80. The first-order valence-corrected chi connectivity index (χ1v) is 10.5. The van der Waals surface area contributed by atoms with Crippen LogP contribution in [0.2, 0.25) is 0 Å². The van der Waals surface area contributed by atoms with E-state index < -0.39 is 20.9 Å². The van der Waals surface area contributed by atoms with E-state index in [1.54, 1.807) is 0 Å². The molecule has 1 saturated heterocycles. The average Bonchev–Trinajstić information content (AvgIpc) is 2.83. The highest BCUT2D eigenvalue weighted by Gasteiger charge is 2.33. The smallest absolute Gasteiger partial charge is 0.266 e. The van der Waals surface area contributed by atoms with Crippen molar-refractivity contribution < 1.29 is 18.1 Å². The summed E-state index contributed by atoms with van der Waals surface area (Å²) < 4.78 is 28.8. The van der Waals surface area contributed by atoms with Gasteiger partial charge in [-0.2, -0.15) is 14.1 Å². The molecule has 0 radical (unpaired) electrons. The predicted octanol–water partition coefficient (Wildman–Crippen LogP) is 2.66. The van der Waals surface area contributed by atoms with Crippen LogP contribution in [0.25, 0.3) is 0 Å². The number of rotatable bonds is 4. The molecule has 0 amide bonds. The van der Waals surface area contributed by atoms with Gasteiger partial charge in [-0.05, 0) is 32.8 Å². The highest BCUT2D eigenvalue weighted by Crippen LogP contribution is 2.27. The minimum atomic E-state index is -3.80. The fourth-order valence-electron chi connectivity index (χ4n) is 3.54. The van der Waals surface area contributed by atoms with Gasteiger partial charge >= 0.3 is 0 Å². The van der Waals surface area contributed by atoms with E-state index in [1.165, 1.54) is 42.4 Å². The molecular formula is C18H22N4O5S. The van der Waals surface area contributed by atoms with Crippen LogP contribution in [0, 0.1) is 24.0 Å². The van der Waals surface area contributed by atoms with E-state index >= 15 is 0 Å². The Bertz CT molecular complexity index is 1020. The van der Waals surface area contributed by atoms with Crippen LogP contribution in [0.3, 0.4) is 0 Å². The maximum atomic E-state index is 13.2. The molecule has 0 N–H and O–H groups in total. The molecule has 0 saturated carbocycles. The average molecular weight is 406 g/mol. The minimum Gasteiger partial charge on any atom is -0.266 e. The number of nitro groups is 1. The number of nitrogens with zero attached hydrogens (tertiary/aromatic N) is 4. The number of benzene rings is 1. The number of carbonyl (C=O) groups is 1. The molecule has 9 nitrogen and oxygen atoms in total. The molecule has 1 fully saturated rings. The lowest BCUT2D eigenvalue weighted by atomic mass is 10.1. The summed E-state index contributed by atoms with van der Waals surface area (Å²) in [4.78, 5) is 23.5. The third kappa shape index (κ3) is 3.57. The van der Waals surface area contributed by atoms with Gasteiger partial charge in [-0.25, -0.2) is 8.42 Å². The van der Waals surface area contributed by atoms with E-state index in [4.69, 9.17) is 0 Å². The van der Waals surface area contributed by atoms with E-state index in [1.807, 2.05) is 0 Å². The standard InChI is InChI=1S/C18H22N4O5S/c1-13-17(28(26,27)20-11-7-3-4-8-12-20)14(2)21(19-13)18(23)15-9-5-6-10-16(15)22(24)25/h5-6,9-10H,3-4,7-8,11-12H2,1-2H3. The summed E-state index contributed by atoms with van der Waals surface area (Å²) in [5.74, 6) is -0.731. The quantitative estimate of drug-likeness (QED) is 0.569. The Morgan fingerprint density at radius 2 is 1.71 bits per heavy atom. The SMILES string of the molecule is Cc1nn(C(=O)c2ccccc2[N+](=O)[O-])c(C)c1S(=O)(=O)N1CCCCCC1. The number of hydrogen-bond donors (Lipinski definition) is 0. The van der Waals surface area contributed by atoms with Crippen molar-refractivity contribution in [2.75, 3.05) is 13.1 Å². The molecule has 1 aromatic heterocycles. The molecule has 28 heavy (non-hydrogen) atoms. The van der Waals surface area contributed by atoms with Crippen molar-refractivity contribution in [2.45, 2.75) is 44.4 Å². The third-order valence-corrected chi connectivity index (χ3v) is 7.06. The van der Waals surface area contributed by atoms with Crippen LogP contribution >= 0.6 is 0 Å². The highest BCUT2D eigenvalue weighted by molar-refractivity contribution is 7.89. The molecule has 1 aromatic carbocycles. The first-order chi connectivity index (χ1) is 13.2. The van der Waals surface area contributed by atoms with E-state index in [2.05, 4.69) is 5.10 Å². The van der Waals surface area contributed by atoms with Crippen molar-refractivity contribution in [1.29, 1.82) is 0 Å². The van der Waals surface area contributed by atoms with Gasteiger partial charge in [0.15, 0.2) is 0 Å². The Balaban J connectivity index is 2.05. The summed E-state index contributed by atoms with van der Waals surface area (Å²) >= 11 is 0. The molecule has 10 heteroatoms. The number of aryl methyl sites for hydroxylation is 1. The Morgan fingerprint density at radius 3 is 2.32 bits per heavy atom. The zero-order valence-electron chi connectivity index (χ0n) is 15.8. The van der Waals surface area contributed by atoms with Crippen LogP contribution in [0.4, 0.5) is 5.69 Å². The van der Waals surface area contributed by atoms with Gasteiger partial charge in [0.25, 0.3) is 11.6 Å². The highest BCUT2D eigenvalue weighted by atomic mass is 32.2. The number of sulfonamides is 1. The van der Waals surface area contributed by atoms with E-state index in [9.17, 15) is 23.3 Å². The van der Waals surface area contributed by atoms with Gasteiger partial charge in [-0.3, -0.25) is 14.9 Å². The van der Waals surface area contributed by atoms with Gasteiger partial charge in [0, 0.05) is 19.2 Å². The van der Waals surface area contributed by atoms with Crippen molar-refractivity contribution in [3.05, 3.63) is 51.3 Å². The van der Waals surface area contributed by atoms with E-state index in [-0.39, 0.29) is 27.5 Å². The number of carbonyl (C=O) groups excluding carboxylic acids is 1. The van der Waals surface area contributed by atoms with Gasteiger partial charge in [-0.1, -0.05) is 25.0 Å². The lowest BCUT2D eigenvalue weighted by Crippen LogP contribution is -2.32. The molecule has 2 heterocycles. The van der Waals surface area contributed by atoms with Crippen molar-refractivity contribution in [3.63, 3.8) is 0 Å². The monoisotopic (exact) mass is 406 g/mol. The zero-order chi connectivity index (χ0) is 20.5. The van der Waals surface area contributed by atoms with E-state index in [0.717, 1.165) is 30.4 Å². The van der Waals surface area contributed by atoms with Crippen LogP contribution in [-0.2, 0) is 10.0 Å². The van der Waals surface area contributed by atoms with Crippen LogP contribution in [-0.4, -0.2) is 46.4 Å². The second-order valence-electron chi connectivity index (χ2n) is 6.81. The Kier molecular flexibility index (Phi) is 5.61. The van der Waals surface area contributed by atoms with Gasteiger partial charge in [0.05, 0.1) is 16.3 Å². The van der Waals surface area contributed by atoms with Crippen molar-refractivity contribution in [3.8, 4) is 0 Å². The summed E-state index contributed by atoms with van der Waals surface area (Å²) in [6.07, 6.45) is 3.56. The molecule has 0 bridgehead atoms. The fourth-order valence-corrected chi connectivity index (χ4v) is 5.41. The van der Waals surface area contributed by atoms with Crippen molar-refractivity contribution in [2.24, 2.45) is 0 Å². The maximum absolute atomic E-state index is 13.2. The van der Waals surface area contributed by atoms with Crippen molar-refractivity contribution in [1.82, 2.24) is 14.1 Å². The van der Waals surface area contributed by atoms with Crippen LogP contribution in [0.5, 0.6) is 0 Å². The Morgan fingerprint density at radius 1 is 1.11 bits per heavy atom. The molecule has 3 rings (SSSR count). The lowest BCUT2D eigenvalue weighted by molar-refractivity contribution is -0.385. The van der Waals surface area contributed by atoms with Gasteiger partial charge in [-0.15, -0.1) is 0 Å². The molecule has 0 aliphatic carbocycles. The van der Waals surface area contributed by atoms with Crippen LogP contribution in [0.15, 0.2) is 29.2 Å². The van der Waals surface area contributed by atoms with Crippen LogP contribution in [0.1, 0.15) is 47.4 Å². The number of aromatic nitrogens is 2. The van der Waals surface area contributed by atoms with Gasteiger partial charge in [0.2, 0.25) is 10.0 Å². The molecule has 0 atom stereocenters. The largest absolute Gasteiger partial charge is 0.285 e. The first-order valence-electron chi connectivity index (χ1n) is 9.09. The van der Waals surface area contributed by atoms with E-state index in [0.29, 0.717) is 13.1 Å². The maximum Gasteiger partial charge on any atom is 0.285 e. The first kappa shape index (κ1) is 20.2. The Labute approximate surface area is 163 Å². The summed E-state index contributed by atoms with van der Waals surface area (Å²) in [5, 5.41) is 15.3. The Hall–Kier alpha value is -2.59. The van der Waals surface area contributed by atoms with Gasteiger partial charge in [0.1, 0.15) is 10.5 Å². The molecule has 0 spiro atoms. The third-order valence-electron chi connectivity index (χ3n) is 4.91. The number of hydrogen-bond acceptors (Lipinski definition) is 6. The second-order valence-corrected chi connectivity index (χ2v) is 8.68. The van der Waals surface area contributed by atoms with Gasteiger partial charge < -0.3 is 0 Å². The lowest BCUT2D eigenvalue weighted by Gasteiger charge is -2.20. The van der Waals surface area contributed by atoms with Crippen molar-refractivity contribution >= 4 is 21.6 Å². The predicted molar refractivity (Wildman–Crippen MR) is 102 cm³/mol. The van der Waals surface area contributed by atoms with Crippen LogP contribution < -0.4 is 0 Å².